The lowest BCUT2D eigenvalue weighted by molar-refractivity contribution is 0.0517. The number of carbonyl (C=O) groups excluding carboxylic acids is 1. The third-order valence-corrected chi connectivity index (χ3v) is 6.00. The van der Waals surface area contributed by atoms with Crippen LogP contribution in [0.4, 0.5) is 0 Å². The number of fused-ring (bicyclic) bond motifs is 1. The highest BCUT2D eigenvalue weighted by molar-refractivity contribution is 9.10. The molecule has 1 unspecified atom stereocenters. The van der Waals surface area contributed by atoms with Crippen LogP contribution in [0.1, 0.15) is 29.0 Å². The molecule has 1 fully saturated rings. The largest absolute Gasteiger partial charge is 0.461 e. The minimum atomic E-state index is -0.367. The highest BCUT2D eigenvalue weighted by atomic mass is 79.9. The Kier molecular flexibility index (Phi) is 5.73. The Labute approximate surface area is 176 Å². The molecule has 3 aromatic rings. The summed E-state index contributed by atoms with van der Waals surface area (Å²) in [5.41, 5.74) is 3.33. The molecule has 146 valence electrons. The molecule has 1 aromatic heterocycles. The van der Waals surface area contributed by atoms with Crippen molar-refractivity contribution in [3.05, 3.63) is 63.2 Å². The maximum absolute atomic E-state index is 12.7. The molecule has 7 heteroatoms. The van der Waals surface area contributed by atoms with Crippen LogP contribution in [-0.2, 0) is 9.47 Å². The zero-order valence-corrected chi connectivity index (χ0v) is 17.7. The quantitative estimate of drug-likeness (QED) is 0.560. The number of nitrogens with one attached hydrogen (secondary N) is 1. The molecule has 0 spiro atoms. The number of nitrogens with zero attached hydrogens (tertiary/aromatic N) is 1. The third kappa shape index (κ3) is 3.57. The first-order chi connectivity index (χ1) is 13.6. The van der Waals surface area contributed by atoms with Gasteiger partial charge < -0.3 is 19.4 Å². The lowest BCUT2D eigenvalue weighted by Crippen LogP contribution is -2.35. The number of esters is 1. The monoisotopic (exact) mass is 462 g/mol. The molecule has 0 saturated carbocycles. The fourth-order valence-corrected chi connectivity index (χ4v) is 4.07. The summed E-state index contributed by atoms with van der Waals surface area (Å²) in [5, 5.41) is 4.96. The molecule has 1 aliphatic heterocycles. The van der Waals surface area contributed by atoms with Crippen molar-refractivity contribution in [2.75, 3.05) is 26.4 Å². The van der Waals surface area contributed by atoms with Gasteiger partial charge in [0, 0.05) is 16.4 Å². The predicted molar refractivity (Wildman–Crippen MR) is 114 cm³/mol. The van der Waals surface area contributed by atoms with E-state index in [-0.39, 0.29) is 12.0 Å². The molecule has 0 aliphatic carbocycles. The fraction of sp³-hybridized carbons (Fsp3) is 0.286. The van der Waals surface area contributed by atoms with Gasteiger partial charge in [-0.2, -0.15) is 0 Å². The fourth-order valence-electron chi connectivity index (χ4n) is 3.57. The molecule has 0 radical (unpaired) electrons. The van der Waals surface area contributed by atoms with Gasteiger partial charge in [-0.3, -0.25) is 0 Å². The smallest absolute Gasteiger partial charge is 0.355 e. The maximum Gasteiger partial charge on any atom is 0.355 e. The van der Waals surface area contributed by atoms with Crippen LogP contribution in [0.5, 0.6) is 0 Å². The van der Waals surface area contributed by atoms with E-state index in [4.69, 9.17) is 21.1 Å². The lowest BCUT2D eigenvalue weighted by atomic mass is 10.0. The number of aromatic nitrogens is 1. The summed E-state index contributed by atoms with van der Waals surface area (Å²) in [6.45, 7) is 4.18. The van der Waals surface area contributed by atoms with Gasteiger partial charge in [0.2, 0.25) is 0 Å². The summed E-state index contributed by atoms with van der Waals surface area (Å²) in [7, 11) is 0. The molecule has 28 heavy (non-hydrogen) atoms. The van der Waals surface area contributed by atoms with Crippen molar-refractivity contribution in [3.8, 4) is 5.69 Å². The van der Waals surface area contributed by atoms with Gasteiger partial charge in [-0.15, -0.1) is 0 Å². The molecule has 4 rings (SSSR count). The number of ether oxygens (including phenoxy) is 2. The van der Waals surface area contributed by atoms with Gasteiger partial charge in [0.05, 0.1) is 42.1 Å². The minimum absolute atomic E-state index is 0.0492. The second kappa shape index (κ2) is 8.25. The number of rotatable bonds is 4. The molecule has 1 atom stereocenters. The van der Waals surface area contributed by atoms with E-state index in [0.717, 1.165) is 33.2 Å². The summed E-state index contributed by atoms with van der Waals surface area (Å²) >= 11 is 9.79. The van der Waals surface area contributed by atoms with Crippen molar-refractivity contribution in [1.29, 1.82) is 0 Å². The number of hydrogen-bond acceptors (Lipinski definition) is 4. The van der Waals surface area contributed by atoms with Crippen molar-refractivity contribution in [1.82, 2.24) is 9.88 Å². The maximum atomic E-state index is 12.7. The molecule has 1 saturated heterocycles. The second-order valence-electron chi connectivity index (χ2n) is 6.55. The summed E-state index contributed by atoms with van der Waals surface area (Å²) in [5.74, 6) is -0.367. The standard InChI is InChI=1S/C21H20BrClN2O3/c1-2-28-21(26)20-10-13-9-16(23)15(22)11-19(13)25(20)18-6-4-3-5-14(18)17-12-27-8-7-24-17/h3-6,9-11,17,24H,2,7-8,12H2,1H3. The first kappa shape index (κ1) is 19.5. The molecule has 2 aromatic carbocycles. The second-order valence-corrected chi connectivity index (χ2v) is 7.81. The lowest BCUT2D eigenvalue weighted by Gasteiger charge is -2.27. The molecule has 1 aliphatic rings. The molecule has 0 bridgehead atoms. The van der Waals surface area contributed by atoms with Crippen molar-refractivity contribution < 1.29 is 14.3 Å². The first-order valence-electron chi connectivity index (χ1n) is 9.18. The van der Waals surface area contributed by atoms with E-state index in [1.54, 1.807) is 6.92 Å². The average molecular weight is 464 g/mol. The van der Waals surface area contributed by atoms with Crippen molar-refractivity contribution in [2.45, 2.75) is 13.0 Å². The summed E-state index contributed by atoms with van der Waals surface area (Å²) in [6, 6.07) is 13.7. The highest BCUT2D eigenvalue weighted by Crippen LogP contribution is 2.34. The Hall–Kier alpha value is -1.86. The minimum Gasteiger partial charge on any atom is -0.461 e. The van der Waals surface area contributed by atoms with Gasteiger partial charge in [-0.25, -0.2) is 4.79 Å². The van der Waals surface area contributed by atoms with E-state index in [9.17, 15) is 4.79 Å². The van der Waals surface area contributed by atoms with Crippen molar-refractivity contribution >= 4 is 44.4 Å². The zero-order valence-electron chi connectivity index (χ0n) is 15.4. The highest BCUT2D eigenvalue weighted by Gasteiger charge is 2.24. The Morgan fingerprint density at radius 3 is 2.93 bits per heavy atom. The number of morpholine rings is 1. The molecule has 5 nitrogen and oxygen atoms in total. The van der Waals surface area contributed by atoms with Gasteiger partial charge in [-0.1, -0.05) is 29.8 Å². The summed E-state index contributed by atoms with van der Waals surface area (Å²) in [4.78, 5) is 12.7. The van der Waals surface area contributed by atoms with Gasteiger partial charge in [0.1, 0.15) is 5.69 Å². The van der Waals surface area contributed by atoms with Crippen molar-refractivity contribution in [2.24, 2.45) is 0 Å². The molecule has 0 amide bonds. The van der Waals surface area contributed by atoms with E-state index in [0.29, 0.717) is 30.5 Å². The van der Waals surface area contributed by atoms with E-state index >= 15 is 0 Å². The van der Waals surface area contributed by atoms with Gasteiger partial charge >= 0.3 is 5.97 Å². The van der Waals surface area contributed by atoms with E-state index in [1.165, 1.54) is 0 Å². The van der Waals surface area contributed by atoms with Crippen LogP contribution in [-0.4, -0.2) is 36.9 Å². The number of benzene rings is 2. The van der Waals surface area contributed by atoms with Crippen molar-refractivity contribution in [3.63, 3.8) is 0 Å². The molecule has 1 N–H and O–H groups in total. The molecule has 2 heterocycles. The van der Waals surface area contributed by atoms with Gasteiger partial charge in [-0.05, 0) is 52.7 Å². The Morgan fingerprint density at radius 2 is 2.18 bits per heavy atom. The summed E-state index contributed by atoms with van der Waals surface area (Å²) < 4.78 is 13.7. The SMILES string of the molecule is CCOC(=O)c1cc2cc(Cl)c(Br)cc2n1-c1ccccc1C1COCCN1. The Balaban J connectivity index is 1.96. The number of halogens is 2. The van der Waals surface area contributed by atoms with Crippen LogP contribution >= 0.6 is 27.5 Å². The third-order valence-electron chi connectivity index (χ3n) is 4.80. The van der Waals surface area contributed by atoms with E-state index in [2.05, 4.69) is 27.3 Å². The van der Waals surface area contributed by atoms with Crippen LogP contribution in [0.2, 0.25) is 5.02 Å². The van der Waals surface area contributed by atoms with E-state index < -0.39 is 0 Å². The van der Waals surface area contributed by atoms with Gasteiger partial charge in [0.15, 0.2) is 0 Å². The Morgan fingerprint density at radius 1 is 1.36 bits per heavy atom. The van der Waals surface area contributed by atoms with Crippen LogP contribution in [0, 0.1) is 0 Å². The normalized spacial score (nSPS) is 17.0. The van der Waals surface area contributed by atoms with Crippen LogP contribution in [0.25, 0.3) is 16.6 Å². The van der Waals surface area contributed by atoms with Crippen LogP contribution in [0.15, 0.2) is 46.9 Å². The van der Waals surface area contributed by atoms with E-state index in [1.807, 2.05) is 41.0 Å². The summed E-state index contributed by atoms with van der Waals surface area (Å²) in [6.07, 6.45) is 0. The van der Waals surface area contributed by atoms with Gasteiger partial charge in [0.25, 0.3) is 0 Å². The average Bonchev–Trinajstić information content (AvgIpc) is 3.07. The number of hydrogen-bond donors (Lipinski definition) is 1. The molecular formula is C21H20BrClN2O3. The van der Waals surface area contributed by atoms with Crippen LogP contribution in [0.3, 0.4) is 0 Å². The van der Waals surface area contributed by atoms with Crippen LogP contribution < -0.4 is 5.32 Å². The number of carbonyl (C=O) groups is 1. The first-order valence-corrected chi connectivity index (χ1v) is 10.3. The zero-order chi connectivity index (χ0) is 19.7. The Bertz CT molecular complexity index is 1030. The topological polar surface area (TPSA) is 52.5 Å². The predicted octanol–water partition coefficient (Wildman–Crippen LogP) is 4.88. The molecular weight excluding hydrogens is 444 g/mol. The number of para-hydroxylation sites is 1.